The van der Waals surface area contributed by atoms with E-state index in [1.807, 2.05) is 5.32 Å². The fourth-order valence-electron chi connectivity index (χ4n) is 2.83. The third-order valence-corrected chi connectivity index (χ3v) is 4.28. The van der Waals surface area contributed by atoms with Crippen LogP contribution in [0.25, 0.3) is 0 Å². The molecule has 1 aliphatic heterocycles. The van der Waals surface area contributed by atoms with Gasteiger partial charge >= 0.3 is 6.18 Å². The van der Waals surface area contributed by atoms with E-state index in [2.05, 4.69) is 4.90 Å². The predicted octanol–water partition coefficient (Wildman–Crippen LogP) is 1.08. The van der Waals surface area contributed by atoms with Crippen LogP contribution in [0.3, 0.4) is 0 Å². The molecule has 5 nitrogen and oxygen atoms in total. The number of hydrogen-bond donors (Lipinski definition) is 2. The number of nitrogens with one attached hydrogen (secondary N) is 1. The summed E-state index contributed by atoms with van der Waals surface area (Å²) in [5.74, 6) is -0.181. The van der Waals surface area contributed by atoms with Crippen LogP contribution in [0, 0.1) is 5.92 Å². The molecule has 2 N–H and O–H groups in total. The van der Waals surface area contributed by atoms with Crippen molar-refractivity contribution in [2.45, 2.75) is 45.0 Å². The minimum absolute atomic E-state index is 0.341. The van der Waals surface area contributed by atoms with Crippen molar-refractivity contribution in [2.24, 2.45) is 5.92 Å². The number of β-amino-alcohol motifs (C(OH)–C–C–N with tert-alkyl or cyclic N) is 1. The zero-order valence-electron chi connectivity index (χ0n) is 14.1. The fraction of sp³-hybridized carbons (Fsp3) is 0.933. The number of rotatable bonds is 7. The minimum atomic E-state index is -4.38. The topological polar surface area (TPSA) is 55.8 Å². The largest absolute Gasteiger partial charge is 0.405 e. The van der Waals surface area contributed by atoms with Gasteiger partial charge < -0.3 is 15.3 Å². The number of carbonyl (C=O) groups is 1. The van der Waals surface area contributed by atoms with Crippen LogP contribution >= 0.6 is 0 Å². The highest BCUT2D eigenvalue weighted by atomic mass is 19.4. The summed E-state index contributed by atoms with van der Waals surface area (Å²) in [5, 5.41) is 11.3. The van der Waals surface area contributed by atoms with Gasteiger partial charge in [-0.05, 0) is 52.7 Å². The van der Waals surface area contributed by atoms with Gasteiger partial charge in [0.25, 0.3) is 0 Å². The first-order valence-corrected chi connectivity index (χ1v) is 8.03. The summed E-state index contributed by atoms with van der Waals surface area (Å²) >= 11 is 0. The maximum Gasteiger partial charge on any atom is 0.405 e. The van der Waals surface area contributed by atoms with Crippen LogP contribution in [-0.2, 0) is 4.79 Å². The molecule has 1 saturated heterocycles. The Morgan fingerprint density at radius 2 is 1.91 bits per heavy atom. The summed E-state index contributed by atoms with van der Waals surface area (Å²) in [5.41, 5.74) is 0. The van der Waals surface area contributed by atoms with Gasteiger partial charge in [-0.2, -0.15) is 13.2 Å². The lowest BCUT2D eigenvalue weighted by molar-refractivity contribution is -0.141. The fourth-order valence-corrected chi connectivity index (χ4v) is 2.83. The van der Waals surface area contributed by atoms with Crippen molar-refractivity contribution in [1.82, 2.24) is 15.1 Å². The molecule has 136 valence electrons. The van der Waals surface area contributed by atoms with E-state index >= 15 is 0 Å². The van der Waals surface area contributed by atoms with E-state index in [9.17, 15) is 23.1 Å². The number of alkyl halides is 3. The first-order valence-electron chi connectivity index (χ1n) is 8.03. The molecule has 0 aromatic carbocycles. The summed E-state index contributed by atoms with van der Waals surface area (Å²) in [6.45, 7) is 5.25. The number of nitrogens with zero attached hydrogens (tertiary/aromatic N) is 2. The van der Waals surface area contributed by atoms with Gasteiger partial charge in [-0.15, -0.1) is 0 Å². The number of halogens is 3. The molecule has 1 heterocycles. The van der Waals surface area contributed by atoms with Crippen LogP contribution in [0.2, 0.25) is 0 Å². The number of likely N-dealkylation sites (N-methyl/N-ethyl adjacent to an activating group) is 1. The second-order valence-corrected chi connectivity index (χ2v) is 6.54. The van der Waals surface area contributed by atoms with Crippen molar-refractivity contribution in [3.05, 3.63) is 0 Å². The van der Waals surface area contributed by atoms with E-state index in [1.165, 1.54) is 0 Å². The van der Waals surface area contributed by atoms with Crippen molar-refractivity contribution in [3.63, 3.8) is 0 Å². The lowest BCUT2D eigenvalue weighted by Gasteiger charge is -2.35. The zero-order valence-corrected chi connectivity index (χ0v) is 14.1. The Balaban J connectivity index is 2.32. The van der Waals surface area contributed by atoms with Crippen LogP contribution in [0.1, 0.15) is 26.7 Å². The molecule has 1 rings (SSSR count). The van der Waals surface area contributed by atoms with Crippen molar-refractivity contribution < 1.29 is 23.1 Å². The number of carbonyl (C=O) groups excluding carboxylic acids is 1. The summed E-state index contributed by atoms with van der Waals surface area (Å²) in [6, 6.07) is -0.590. The molecule has 0 aliphatic carbocycles. The molecule has 1 amide bonds. The predicted molar refractivity (Wildman–Crippen MR) is 82.0 cm³/mol. The van der Waals surface area contributed by atoms with Gasteiger partial charge in [-0.3, -0.25) is 9.69 Å². The minimum Gasteiger partial charge on any atom is -0.392 e. The van der Waals surface area contributed by atoms with Gasteiger partial charge in [0.05, 0.1) is 12.1 Å². The Labute approximate surface area is 135 Å². The van der Waals surface area contributed by atoms with Crippen molar-refractivity contribution in [3.8, 4) is 0 Å². The maximum atomic E-state index is 12.1. The molecule has 0 saturated carbocycles. The van der Waals surface area contributed by atoms with E-state index in [0.717, 1.165) is 25.9 Å². The van der Waals surface area contributed by atoms with E-state index in [4.69, 9.17) is 0 Å². The normalized spacial score (nSPS) is 20.5. The van der Waals surface area contributed by atoms with Crippen LogP contribution < -0.4 is 5.32 Å². The van der Waals surface area contributed by atoms with Crippen LogP contribution in [0.4, 0.5) is 13.2 Å². The lowest BCUT2D eigenvalue weighted by Crippen LogP contribution is -2.48. The molecule has 0 aromatic rings. The molecule has 1 aliphatic rings. The molecular weight excluding hydrogens is 311 g/mol. The van der Waals surface area contributed by atoms with E-state index in [1.54, 1.807) is 25.8 Å². The third-order valence-electron chi connectivity index (χ3n) is 4.28. The SMILES string of the molecule is CC(O)CN1CCC(CN(C)C(C)C(=O)NCC(F)(F)F)CC1. The molecule has 2 atom stereocenters. The molecule has 2 unspecified atom stereocenters. The molecule has 1 fully saturated rings. The Hall–Kier alpha value is -0.860. The lowest BCUT2D eigenvalue weighted by atomic mass is 9.95. The summed E-state index contributed by atoms with van der Waals surface area (Å²) in [6.07, 6.45) is -2.79. The van der Waals surface area contributed by atoms with Gasteiger partial charge in [0, 0.05) is 13.1 Å². The molecule has 0 spiro atoms. The summed E-state index contributed by atoms with van der Waals surface area (Å²) in [7, 11) is 1.76. The zero-order chi connectivity index (χ0) is 17.6. The first kappa shape index (κ1) is 20.2. The molecule has 23 heavy (non-hydrogen) atoms. The molecular formula is C15H28F3N3O2. The van der Waals surface area contributed by atoms with Crippen molar-refractivity contribution >= 4 is 5.91 Å². The molecule has 0 aromatic heterocycles. The number of piperidine rings is 1. The van der Waals surface area contributed by atoms with E-state index in [-0.39, 0.29) is 6.10 Å². The monoisotopic (exact) mass is 339 g/mol. The number of likely N-dealkylation sites (tertiary alicyclic amines) is 1. The number of amides is 1. The average molecular weight is 339 g/mol. The van der Waals surface area contributed by atoms with Crippen molar-refractivity contribution in [2.75, 3.05) is 39.8 Å². The maximum absolute atomic E-state index is 12.1. The molecule has 0 radical (unpaired) electrons. The van der Waals surface area contributed by atoms with Crippen molar-refractivity contribution in [1.29, 1.82) is 0 Å². The van der Waals surface area contributed by atoms with Gasteiger partial charge in [0.2, 0.25) is 5.91 Å². The Bertz CT molecular complexity index is 369. The quantitative estimate of drug-likeness (QED) is 0.729. The first-order chi connectivity index (χ1) is 10.6. The second kappa shape index (κ2) is 8.84. The molecule has 0 bridgehead atoms. The number of aliphatic hydroxyl groups excluding tert-OH is 1. The van der Waals surface area contributed by atoms with Gasteiger partial charge in [-0.1, -0.05) is 0 Å². The highest BCUT2D eigenvalue weighted by Crippen LogP contribution is 2.19. The summed E-state index contributed by atoms with van der Waals surface area (Å²) in [4.78, 5) is 15.8. The molecule has 8 heteroatoms. The number of hydrogen-bond acceptors (Lipinski definition) is 4. The van der Waals surface area contributed by atoms with Crippen LogP contribution in [-0.4, -0.2) is 78.9 Å². The third kappa shape index (κ3) is 7.99. The number of aliphatic hydroxyl groups is 1. The highest BCUT2D eigenvalue weighted by molar-refractivity contribution is 5.81. The summed E-state index contributed by atoms with van der Waals surface area (Å²) < 4.78 is 36.4. The van der Waals surface area contributed by atoms with Crippen LogP contribution in [0.5, 0.6) is 0 Å². The Morgan fingerprint density at radius 1 is 1.35 bits per heavy atom. The Kier molecular flexibility index (Phi) is 7.76. The van der Waals surface area contributed by atoms with E-state index < -0.39 is 24.7 Å². The standard InChI is InChI=1S/C15H28F3N3O2/c1-11(22)8-21-6-4-13(5-7-21)9-20(3)12(2)14(23)19-10-15(16,17)18/h11-13,22H,4-10H2,1-3H3,(H,19,23). The highest BCUT2D eigenvalue weighted by Gasteiger charge is 2.30. The van der Waals surface area contributed by atoms with E-state index in [0.29, 0.717) is 19.0 Å². The van der Waals surface area contributed by atoms with Gasteiger partial charge in [0.15, 0.2) is 0 Å². The second-order valence-electron chi connectivity index (χ2n) is 6.54. The van der Waals surface area contributed by atoms with Gasteiger partial charge in [-0.25, -0.2) is 0 Å². The smallest absolute Gasteiger partial charge is 0.392 e. The Morgan fingerprint density at radius 3 is 2.39 bits per heavy atom. The van der Waals surface area contributed by atoms with Gasteiger partial charge in [0.1, 0.15) is 6.54 Å². The van der Waals surface area contributed by atoms with Crippen LogP contribution in [0.15, 0.2) is 0 Å². The average Bonchev–Trinajstić information content (AvgIpc) is 2.44.